The lowest BCUT2D eigenvalue weighted by Crippen LogP contribution is -2.39. The van der Waals surface area contributed by atoms with E-state index in [2.05, 4.69) is 25.8 Å². The van der Waals surface area contributed by atoms with Crippen molar-refractivity contribution in [2.45, 2.75) is 13.0 Å². The van der Waals surface area contributed by atoms with Crippen molar-refractivity contribution in [2.75, 3.05) is 27.7 Å². The lowest BCUT2D eigenvalue weighted by Gasteiger charge is -2.22. The van der Waals surface area contributed by atoms with E-state index in [1.165, 1.54) is 12.8 Å². The van der Waals surface area contributed by atoms with Crippen LogP contribution in [-0.4, -0.2) is 49.1 Å². The van der Waals surface area contributed by atoms with Crippen molar-refractivity contribution in [3.05, 3.63) is 59.4 Å². The summed E-state index contributed by atoms with van der Waals surface area (Å²) in [5, 5.41) is 3.37. The van der Waals surface area contributed by atoms with E-state index in [1.807, 2.05) is 38.5 Å². The molecular formula is C19H26N4O2. The van der Waals surface area contributed by atoms with Crippen LogP contribution in [0.4, 0.5) is 0 Å². The van der Waals surface area contributed by atoms with Crippen LogP contribution >= 0.6 is 0 Å². The smallest absolute Gasteiger partial charge is 0.337 e. The summed E-state index contributed by atoms with van der Waals surface area (Å²) in [7, 11) is 7.23. The maximum atomic E-state index is 11.4. The highest BCUT2D eigenvalue weighted by Crippen LogP contribution is 2.07. The van der Waals surface area contributed by atoms with E-state index in [-0.39, 0.29) is 5.97 Å². The molecule has 0 saturated carbocycles. The van der Waals surface area contributed by atoms with Crippen molar-refractivity contribution in [2.24, 2.45) is 12.0 Å². The van der Waals surface area contributed by atoms with Gasteiger partial charge in [-0.1, -0.05) is 12.1 Å². The van der Waals surface area contributed by atoms with Gasteiger partial charge in [-0.3, -0.25) is 4.99 Å². The molecule has 1 N–H and O–H groups in total. The lowest BCUT2D eigenvalue weighted by atomic mass is 10.1. The first-order valence-corrected chi connectivity index (χ1v) is 8.24. The van der Waals surface area contributed by atoms with Gasteiger partial charge in [-0.15, -0.1) is 0 Å². The SMILES string of the molecule is CN=C(NCCc1ccc(C(=O)OC)cc1)N(C)Cc1cccn1C. The van der Waals surface area contributed by atoms with Gasteiger partial charge in [-0.25, -0.2) is 4.79 Å². The van der Waals surface area contributed by atoms with Crippen LogP contribution in [-0.2, 0) is 24.8 Å². The van der Waals surface area contributed by atoms with Gasteiger partial charge < -0.3 is 19.5 Å². The van der Waals surface area contributed by atoms with Gasteiger partial charge in [-0.2, -0.15) is 0 Å². The number of hydrogen-bond acceptors (Lipinski definition) is 3. The Hall–Kier alpha value is -2.76. The van der Waals surface area contributed by atoms with Crippen LogP contribution in [0.1, 0.15) is 21.6 Å². The lowest BCUT2D eigenvalue weighted by molar-refractivity contribution is 0.0600. The molecule has 6 nitrogen and oxygen atoms in total. The van der Waals surface area contributed by atoms with E-state index >= 15 is 0 Å². The van der Waals surface area contributed by atoms with Crippen LogP contribution in [0, 0.1) is 0 Å². The van der Waals surface area contributed by atoms with Gasteiger partial charge in [0, 0.05) is 39.6 Å². The first-order chi connectivity index (χ1) is 12.0. The average Bonchev–Trinajstić information content (AvgIpc) is 3.03. The molecule has 2 rings (SSSR count). The Morgan fingerprint density at radius 1 is 1.28 bits per heavy atom. The molecule has 0 bridgehead atoms. The summed E-state index contributed by atoms with van der Waals surface area (Å²) in [5.74, 6) is 0.541. The van der Waals surface area contributed by atoms with E-state index < -0.39 is 0 Å². The second kappa shape index (κ2) is 8.92. The molecule has 1 aromatic carbocycles. The molecule has 2 aromatic rings. The molecule has 0 atom stereocenters. The molecule has 0 aliphatic heterocycles. The fourth-order valence-electron chi connectivity index (χ4n) is 2.61. The second-order valence-corrected chi connectivity index (χ2v) is 5.88. The third-order valence-electron chi connectivity index (χ3n) is 4.10. The monoisotopic (exact) mass is 342 g/mol. The minimum atomic E-state index is -0.313. The number of rotatable bonds is 6. The van der Waals surface area contributed by atoms with Gasteiger partial charge in [0.05, 0.1) is 19.2 Å². The van der Waals surface area contributed by atoms with Crippen LogP contribution in [0.2, 0.25) is 0 Å². The summed E-state index contributed by atoms with van der Waals surface area (Å²) in [4.78, 5) is 17.9. The number of carbonyl (C=O) groups is 1. The Balaban J connectivity index is 1.84. The number of aromatic nitrogens is 1. The molecule has 1 heterocycles. The molecule has 6 heteroatoms. The highest BCUT2D eigenvalue weighted by atomic mass is 16.5. The number of methoxy groups -OCH3 is 1. The van der Waals surface area contributed by atoms with Crippen LogP contribution in [0.25, 0.3) is 0 Å². The molecule has 0 saturated heterocycles. The minimum absolute atomic E-state index is 0.313. The maximum Gasteiger partial charge on any atom is 0.337 e. The number of benzene rings is 1. The van der Waals surface area contributed by atoms with Crippen molar-refractivity contribution in [1.82, 2.24) is 14.8 Å². The van der Waals surface area contributed by atoms with E-state index in [0.717, 1.165) is 31.0 Å². The summed E-state index contributed by atoms with van der Waals surface area (Å²) in [6.45, 7) is 1.55. The van der Waals surface area contributed by atoms with Gasteiger partial charge >= 0.3 is 5.97 Å². The van der Waals surface area contributed by atoms with Crippen LogP contribution in [0.15, 0.2) is 47.6 Å². The summed E-state index contributed by atoms with van der Waals surface area (Å²) < 4.78 is 6.81. The second-order valence-electron chi connectivity index (χ2n) is 5.88. The molecule has 134 valence electrons. The topological polar surface area (TPSA) is 58.9 Å². The summed E-state index contributed by atoms with van der Waals surface area (Å²) in [5.41, 5.74) is 2.95. The number of ether oxygens (including phenoxy) is 1. The van der Waals surface area contributed by atoms with E-state index in [1.54, 1.807) is 19.2 Å². The average molecular weight is 342 g/mol. The van der Waals surface area contributed by atoms with E-state index in [9.17, 15) is 4.79 Å². The largest absolute Gasteiger partial charge is 0.465 e. The van der Waals surface area contributed by atoms with Gasteiger partial charge in [0.1, 0.15) is 0 Å². The Morgan fingerprint density at radius 2 is 2.00 bits per heavy atom. The number of aliphatic imine (C=N–C) groups is 1. The summed E-state index contributed by atoms with van der Waals surface area (Å²) in [6, 6.07) is 11.6. The Labute approximate surface area is 149 Å². The zero-order valence-corrected chi connectivity index (χ0v) is 15.3. The highest BCUT2D eigenvalue weighted by Gasteiger charge is 2.08. The fraction of sp³-hybridized carbons (Fsp3) is 0.368. The molecule has 25 heavy (non-hydrogen) atoms. The molecule has 0 spiro atoms. The van der Waals surface area contributed by atoms with Crippen LogP contribution in [0.5, 0.6) is 0 Å². The quantitative estimate of drug-likeness (QED) is 0.496. The molecule has 0 amide bonds. The van der Waals surface area contributed by atoms with Gasteiger partial charge in [0.25, 0.3) is 0 Å². The number of carbonyl (C=O) groups excluding carboxylic acids is 1. The third-order valence-corrected chi connectivity index (χ3v) is 4.10. The van der Waals surface area contributed by atoms with Crippen molar-refractivity contribution in [3.8, 4) is 0 Å². The van der Waals surface area contributed by atoms with E-state index in [0.29, 0.717) is 5.56 Å². The fourth-order valence-corrected chi connectivity index (χ4v) is 2.61. The zero-order valence-electron chi connectivity index (χ0n) is 15.3. The number of hydrogen-bond donors (Lipinski definition) is 1. The molecular weight excluding hydrogens is 316 g/mol. The standard InChI is InChI=1S/C19H26N4O2/c1-20-19(23(3)14-17-6-5-13-22(17)2)21-12-11-15-7-9-16(10-8-15)18(24)25-4/h5-10,13H,11-12,14H2,1-4H3,(H,20,21). The van der Waals surface area contributed by atoms with Crippen molar-refractivity contribution >= 4 is 11.9 Å². The van der Waals surface area contributed by atoms with Crippen molar-refractivity contribution in [3.63, 3.8) is 0 Å². The van der Waals surface area contributed by atoms with E-state index in [4.69, 9.17) is 4.74 Å². The number of esters is 1. The normalized spacial score (nSPS) is 11.3. The number of guanidine groups is 1. The highest BCUT2D eigenvalue weighted by molar-refractivity contribution is 5.89. The maximum absolute atomic E-state index is 11.4. The first kappa shape index (κ1) is 18.6. The van der Waals surface area contributed by atoms with Gasteiger partial charge in [0.2, 0.25) is 0 Å². The first-order valence-electron chi connectivity index (χ1n) is 8.24. The molecule has 0 aliphatic carbocycles. The number of nitrogens with zero attached hydrogens (tertiary/aromatic N) is 3. The molecule has 0 fully saturated rings. The third kappa shape index (κ3) is 5.11. The van der Waals surface area contributed by atoms with Crippen LogP contribution in [0.3, 0.4) is 0 Å². The van der Waals surface area contributed by atoms with Gasteiger partial charge in [0.15, 0.2) is 5.96 Å². The van der Waals surface area contributed by atoms with Crippen molar-refractivity contribution in [1.29, 1.82) is 0 Å². The summed E-state index contributed by atoms with van der Waals surface area (Å²) in [6.07, 6.45) is 2.88. The predicted octanol–water partition coefficient (Wildman–Crippen LogP) is 2.06. The predicted molar refractivity (Wildman–Crippen MR) is 99.7 cm³/mol. The van der Waals surface area contributed by atoms with Gasteiger partial charge in [-0.05, 0) is 36.2 Å². The molecule has 0 unspecified atom stereocenters. The Kier molecular flexibility index (Phi) is 6.62. The molecule has 1 aromatic heterocycles. The summed E-state index contributed by atoms with van der Waals surface area (Å²) >= 11 is 0. The molecule has 0 aliphatic rings. The number of aryl methyl sites for hydroxylation is 1. The Morgan fingerprint density at radius 3 is 2.56 bits per heavy atom. The minimum Gasteiger partial charge on any atom is -0.465 e. The van der Waals surface area contributed by atoms with Crippen LogP contribution < -0.4 is 5.32 Å². The van der Waals surface area contributed by atoms with Crippen molar-refractivity contribution < 1.29 is 9.53 Å². The number of nitrogens with one attached hydrogen (secondary N) is 1. The zero-order chi connectivity index (χ0) is 18.2. The Bertz CT molecular complexity index is 719. The molecule has 0 radical (unpaired) electrons.